The highest BCUT2D eigenvalue weighted by molar-refractivity contribution is 5.59. The van der Waals surface area contributed by atoms with Gasteiger partial charge in [-0.3, -0.25) is 20.2 Å². The van der Waals surface area contributed by atoms with Crippen molar-refractivity contribution in [1.82, 2.24) is 0 Å². The molecule has 0 amide bonds. The highest BCUT2D eigenvalue weighted by Gasteiger charge is 2.36. The second kappa shape index (κ2) is 5.30. The molecule has 17 heavy (non-hydrogen) atoms. The Kier molecular flexibility index (Phi) is 3.81. The van der Waals surface area contributed by atoms with Gasteiger partial charge in [0.1, 0.15) is 9.85 Å². The molecule has 0 atom stereocenters. The third-order valence-electron chi connectivity index (χ3n) is 1.71. The summed E-state index contributed by atoms with van der Waals surface area (Å²) >= 11 is 0. The molecule has 1 aromatic rings. The molecular formula is C8H5N3O6. The van der Waals surface area contributed by atoms with Crippen LogP contribution < -0.4 is 0 Å². The van der Waals surface area contributed by atoms with Crippen molar-refractivity contribution in [2.75, 3.05) is 0 Å². The summed E-state index contributed by atoms with van der Waals surface area (Å²) in [6.45, 7) is 0. The largest absolute Gasteiger partial charge is 0.605 e. The van der Waals surface area contributed by atoms with Crippen LogP contribution in [0.3, 0.4) is 0 Å². The summed E-state index contributed by atoms with van der Waals surface area (Å²) in [5.74, 6) is -2.26. The maximum absolute atomic E-state index is 10.5. The molecule has 0 aliphatic heterocycles. The summed E-state index contributed by atoms with van der Waals surface area (Å²) in [5, 5.41) is 23.0. The minimum atomic E-state index is -1.45. The Bertz CT molecular complexity index is 467. The number of nitro groups is 2. The molecule has 0 N–H and O–H groups in total. The molecular weight excluding hydrogens is 234 g/mol. The Morgan fingerprint density at radius 2 is 1.65 bits per heavy atom. The lowest BCUT2D eigenvalue weighted by atomic mass is 10.2. The summed E-state index contributed by atoms with van der Waals surface area (Å²) in [7, 11) is 0. The Hall–Kier alpha value is -2.84. The predicted octanol–water partition coefficient (Wildman–Crippen LogP) is 1.56. The van der Waals surface area contributed by atoms with Gasteiger partial charge < -0.3 is 4.84 Å². The first-order valence-electron chi connectivity index (χ1n) is 4.16. The van der Waals surface area contributed by atoms with Crippen molar-refractivity contribution >= 4 is 5.76 Å². The fourth-order valence-corrected chi connectivity index (χ4v) is 1.08. The quantitative estimate of drug-likeness (QED) is 0.332. The van der Waals surface area contributed by atoms with Gasteiger partial charge in [-0.05, 0) is 0 Å². The molecule has 0 spiro atoms. The first-order chi connectivity index (χ1) is 8.07. The van der Waals surface area contributed by atoms with Crippen LogP contribution in [-0.2, 0) is 4.84 Å². The van der Waals surface area contributed by atoms with E-state index in [4.69, 9.17) is 0 Å². The molecule has 0 saturated heterocycles. The molecule has 0 aliphatic rings. The zero-order valence-corrected chi connectivity index (χ0v) is 8.18. The molecule has 0 bridgehead atoms. The average molecular weight is 239 g/mol. The van der Waals surface area contributed by atoms with Crippen molar-refractivity contribution in [2.24, 2.45) is 5.34 Å². The van der Waals surface area contributed by atoms with Gasteiger partial charge in [-0.1, -0.05) is 30.3 Å². The zero-order valence-electron chi connectivity index (χ0n) is 8.18. The summed E-state index contributed by atoms with van der Waals surface area (Å²) < 4.78 is 0. The Balaban J connectivity index is 3.42. The van der Waals surface area contributed by atoms with Crippen LogP contribution in [-0.4, -0.2) is 9.85 Å². The molecule has 0 heterocycles. The van der Waals surface area contributed by atoms with Crippen LogP contribution in [0.2, 0.25) is 0 Å². The molecule has 0 radical (unpaired) electrons. The van der Waals surface area contributed by atoms with Crippen molar-refractivity contribution in [3.63, 3.8) is 0 Å². The van der Waals surface area contributed by atoms with Crippen LogP contribution in [0.25, 0.3) is 5.76 Å². The number of nitrogens with zero attached hydrogens (tertiary/aromatic N) is 3. The summed E-state index contributed by atoms with van der Waals surface area (Å²) in [4.78, 5) is 32.6. The number of rotatable bonds is 5. The van der Waals surface area contributed by atoms with Crippen molar-refractivity contribution in [1.29, 1.82) is 0 Å². The van der Waals surface area contributed by atoms with E-state index in [2.05, 4.69) is 4.84 Å². The van der Waals surface area contributed by atoms with E-state index in [1.807, 2.05) is 5.34 Å². The summed E-state index contributed by atoms with van der Waals surface area (Å²) in [6, 6.07) is 7.16. The minimum Gasteiger partial charge on any atom is -0.308 e. The van der Waals surface area contributed by atoms with Crippen LogP contribution in [0.15, 0.2) is 41.5 Å². The van der Waals surface area contributed by atoms with Gasteiger partial charge in [0.05, 0.1) is 0 Å². The summed E-state index contributed by atoms with van der Waals surface area (Å²) in [5.41, 5.74) is 0.00972. The van der Waals surface area contributed by atoms with Gasteiger partial charge in [-0.25, -0.2) is 0 Å². The molecule has 1 aromatic carbocycles. The third kappa shape index (κ3) is 2.81. The van der Waals surface area contributed by atoms with Crippen molar-refractivity contribution in [3.05, 3.63) is 66.9 Å². The first-order valence-corrected chi connectivity index (χ1v) is 4.16. The van der Waals surface area contributed by atoms with Crippen LogP contribution >= 0.6 is 0 Å². The maximum Gasteiger partial charge on any atom is 0.605 e. The van der Waals surface area contributed by atoms with Crippen LogP contribution in [0, 0.1) is 25.1 Å². The molecule has 1 rings (SSSR count). The van der Waals surface area contributed by atoms with E-state index >= 15 is 0 Å². The van der Waals surface area contributed by atoms with Crippen molar-refractivity contribution in [2.45, 2.75) is 0 Å². The molecule has 0 saturated carbocycles. The van der Waals surface area contributed by atoms with E-state index in [1.165, 1.54) is 24.3 Å². The smallest absolute Gasteiger partial charge is 0.308 e. The fraction of sp³-hybridized carbons (Fsp3) is 0. The number of hydrogen-bond acceptors (Lipinski definition) is 7. The normalized spacial score (nSPS) is 9.18. The monoisotopic (exact) mass is 239 g/mol. The van der Waals surface area contributed by atoms with E-state index < -0.39 is 21.4 Å². The average Bonchev–Trinajstić information content (AvgIpc) is 2.28. The summed E-state index contributed by atoms with van der Waals surface area (Å²) in [6.07, 6.45) is 0. The van der Waals surface area contributed by atoms with E-state index in [9.17, 15) is 25.1 Å². The Morgan fingerprint density at radius 3 is 2.06 bits per heavy atom. The van der Waals surface area contributed by atoms with Crippen molar-refractivity contribution < 1.29 is 14.7 Å². The van der Waals surface area contributed by atoms with Gasteiger partial charge in [0, 0.05) is 5.56 Å². The molecule has 0 aromatic heterocycles. The van der Waals surface area contributed by atoms with E-state index in [1.54, 1.807) is 6.07 Å². The Labute approximate surface area is 93.5 Å². The lowest BCUT2D eigenvalue weighted by Crippen LogP contribution is -2.12. The highest BCUT2D eigenvalue weighted by atomic mass is 16.7. The van der Waals surface area contributed by atoms with E-state index in [0.29, 0.717) is 0 Å². The van der Waals surface area contributed by atoms with Gasteiger partial charge in [-0.2, -0.15) is 0 Å². The van der Waals surface area contributed by atoms with Gasteiger partial charge >= 0.3 is 11.6 Å². The van der Waals surface area contributed by atoms with Crippen molar-refractivity contribution in [3.8, 4) is 0 Å². The lowest BCUT2D eigenvalue weighted by Gasteiger charge is -1.99. The molecule has 88 valence electrons. The topological polar surface area (TPSA) is 125 Å². The first kappa shape index (κ1) is 12.2. The Morgan fingerprint density at radius 1 is 1.12 bits per heavy atom. The van der Waals surface area contributed by atoms with Crippen LogP contribution in [0.5, 0.6) is 0 Å². The molecule has 9 heteroatoms. The molecule has 0 fully saturated rings. The van der Waals surface area contributed by atoms with Gasteiger partial charge in [0.25, 0.3) is 0 Å². The van der Waals surface area contributed by atoms with E-state index in [-0.39, 0.29) is 5.56 Å². The molecule has 0 unspecified atom stereocenters. The van der Waals surface area contributed by atoms with E-state index in [0.717, 1.165) is 0 Å². The van der Waals surface area contributed by atoms with Gasteiger partial charge in [0.15, 0.2) is 5.34 Å². The predicted molar refractivity (Wildman–Crippen MR) is 54.2 cm³/mol. The second-order valence-electron chi connectivity index (χ2n) is 2.70. The van der Waals surface area contributed by atoms with Gasteiger partial charge in [-0.15, -0.1) is 4.91 Å². The maximum atomic E-state index is 10.5. The van der Waals surface area contributed by atoms with Gasteiger partial charge in [0.2, 0.25) is 0 Å². The molecule has 9 nitrogen and oxygen atoms in total. The SMILES string of the molecule is O=NOC(=C([N+](=O)[O-])[N+](=O)[O-])c1ccccc1. The minimum absolute atomic E-state index is 0.00972. The van der Waals surface area contributed by atoms with Crippen LogP contribution in [0.4, 0.5) is 0 Å². The molecule has 0 aliphatic carbocycles. The number of benzene rings is 1. The lowest BCUT2D eigenvalue weighted by molar-refractivity contribution is -0.615. The highest BCUT2D eigenvalue weighted by Crippen LogP contribution is 2.21. The number of hydrogen-bond donors (Lipinski definition) is 0. The zero-order chi connectivity index (χ0) is 12.8. The third-order valence-corrected chi connectivity index (χ3v) is 1.71. The fourth-order valence-electron chi connectivity index (χ4n) is 1.08. The van der Waals surface area contributed by atoms with Crippen LogP contribution in [0.1, 0.15) is 5.56 Å². The standard InChI is InChI=1S/C8H5N3O6/c12-9-17-7(6-4-2-1-3-5-6)8(10(13)14)11(15)16/h1-5H. The second-order valence-corrected chi connectivity index (χ2v) is 2.70.